The molecule has 0 aromatic carbocycles. The van der Waals surface area contributed by atoms with Crippen LogP contribution in [-0.4, -0.2) is 96.7 Å². The summed E-state index contributed by atoms with van der Waals surface area (Å²) < 4.78 is 68.5. The summed E-state index contributed by atoms with van der Waals surface area (Å²) in [5.74, 6) is -2.12. The second-order valence-corrected chi connectivity index (χ2v) is 32.4. The van der Waals surface area contributed by atoms with E-state index in [1.165, 1.54) is 270 Å². The SMILES string of the molecule is CCCCCCCCCCCCCCCCCCCCCCC(=O)O[C@H](COC(=O)CCCCCCCCCCCCCCCCCCCC)COP(=O)(O)OC[C@@H](O)COP(=O)(O)OC[C@@H](COC(=O)CCCCCCC)OC(=O)CCCCCCCCCCCCCCCCCCCC. The first kappa shape index (κ1) is 99.1. The zero-order valence-corrected chi connectivity index (χ0v) is 67.7. The van der Waals surface area contributed by atoms with Crippen molar-refractivity contribution in [3.8, 4) is 0 Å². The lowest BCUT2D eigenvalue weighted by molar-refractivity contribution is -0.161. The van der Waals surface area contributed by atoms with Gasteiger partial charge in [0.25, 0.3) is 0 Å². The predicted octanol–water partition coefficient (Wildman–Crippen LogP) is 25.0. The molecular formula is C82H160O17P2. The Balaban J connectivity index is 5.10. The monoisotopic (exact) mass is 1480 g/mol. The molecule has 600 valence electrons. The topological polar surface area (TPSA) is 237 Å². The second-order valence-electron chi connectivity index (χ2n) is 29.5. The number of phosphoric acid groups is 2. The van der Waals surface area contributed by atoms with Gasteiger partial charge in [-0.3, -0.25) is 37.3 Å². The van der Waals surface area contributed by atoms with Crippen molar-refractivity contribution in [1.82, 2.24) is 0 Å². The second kappa shape index (κ2) is 76.3. The van der Waals surface area contributed by atoms with Crippen LogP contribution in [0.3, 0.4) is 0 Å². The molecule has 0 aromatic heterocycles. The maximum Gasteiger partial charge on any atom is 0.472 e. The smallest absolute Gasteiger partial charge is 0.462 e. The number of phosphoric ester groups is 2. The van der Waals surface area contributed by atoms with Crippen LogP contribution < -0.4 is 0 Å². The summed E-state index contributed by atoms with van der Waals surface area (Å²) in [6, 6.07) is 0. The Bertz CT molecular complexity index is 1910. The van der Waals surface area contributed by atoms with Gasteiger partial charge in [0.1, 0.15) is 19.3 Å². The molecule has 0 aliphatic rings. The maximum atomic E-state index is 13.1. The number of carbonyl (C=O) groups excluding carboxylic acids is 4. The number of rotatable bonds is 83. The first-order valence-electron chi connectivity index (χ1n) is 42.8. The molecule has 0 saturated carbocycles. The van der Waals surface area contributed by atoms with Crippen molar-refractivity contribution in [2.75, 3.05) is 39.6 Å². The maximum absolute atomic E-state index is 13.1. The zero-order valence-electron chi connectivity index (χ0n) is 65.9. The number of hydrogen-bond donors (Lipinski definition) is 3. The van der Waals surface area contributed by atoms with Crippen LogP contribution in [0, 0.1) is 0 Å². The van der Waals surface area contributed by atoms with Crippen molar-refractivity contribution >= 4 is 39.5 Å². The summed E-state index contributed by atoms with van der Waals surface area (Å²) in [4.78, 5) is 72.8. The van der Waals surface area contributed by atoms with Gasteiger partial charge >= 0.3 is 39.5 Å². The fourth-order valence-corrected chi connectivity index (χ4v) is 14.4. The van der Waals surface area contributed by atoms with Gasteiger partial charge < -0.3 is 33.8 Å². The zero-order chi connectivity index (χ0) is 73.9. The van der Waals surface area contributed by atoms with E-state index in [0.29, 0.717) is 25.7 Å². The van der Waals surface area contributed by atoms with E-state index >= 15 is 0 Å². The van der Waals surface area contributed by atoms with Gasteiger partial charge in [-0.15, -0.1) is 0 Å². The minimum absolute atomic E-state index is 0.108. The molecule has 19 heteroatoms. The van der Waals surface area contributed by atoms with Crippen LogP contribution >= 0.6 is 15.6 Å². The highest BCUT2D eigenvalue weighted by Gasteiger charge is 2.30. The van der Waals surface area contributed by atoms with Gasteiger partial charge in [-0.05, 0) is 25.7 Å². The lowest BCUT2D eigenvalue weighted by Gasteiger charge is -2.21. The van der Waals surface area contributed by atoms with Crippen LogP contribution in [0.15, 0.2) is 0 Å². The van der Waals surface area contributed by atoms with Crippen LogP contribution in [-0.2, 0) is 65.4 Å². The van der Waals surface area contributed by atoms with E-state index in [2.05, 4.69) is 27.7 Å². The molecule has 0 fully saturated rings. The quantitative estimate of drug-likeness (QED) is 0.0222. The fourth-order valence-electron chi connectivity index (χ4n) is 12.8. The molecule has 0 aliphatic heterocycles. The summed E-state index contributed by atoms with van der Waals surface area (Å²) in [6.45, 7) is 4.95. The van der Waals surface area contributed by atoms with E-state index in [1.54, 1.807) is 0 Å². The Morgan fingerprint density at radius 1 is 0.238 bits per heavy atom. The molecule has 101 heavy (non-hydrogen) atoms. The van der Waals surface area contributed by atoms with Crippen LogP contribution in [0.1, 0.15) is 445 Å². The van der Waals surface area contributed by atoms with E-state index in [1.807, 2.05) is 0 Å². The molecule has 0 radical (unpaired) electrons. The Kier molecular flexibility index (Phi) is 74.8. The minimum atomic E-state index is -4.96. The number of carbonyl (C=O) groups is 4. The van der Waals surface area contributed by atoms with Gasteiger partial charge in [-0.1, -0.05) is 394 Å². The van der Waals surface area contributed by atoms with Gasteiger partial charge in [0.2, 0.25) is 0 Å². The molecule has 0 heterocycles. The Labute approximate surface area is 619 Å². The van der Waals surface area contributed by atoms with Gasteiger partial charge in [0, 0.05) is 25.7 Å². The summed E-state index contributed by atoms with van der Waals surface area (Å²) in [7, 11) is -9.91. The number of aliphatic hydroxyl groups is 1. The molecule has 0 rings (SSSR count). The lowest BCUT2D eigenvalue weighted by atomic mass is 10.0. The third-order valence-electron chi connectivity index (χ3n) is 19.4. The molecule has 0 saturated heterocycles. The van der Waals surface area contributed by atoms with Crippen molar-refractivity contribution in [2.45, 2.75) is 463 Å². The summed E-state index contributed by atoms with van der Waals surface area (Å²) >= 11 is 0. The first-order chi connectivity index (χ1) is 49.2. The molecule has 0 spiro atoms. The average Bonchev–Trinajstić information content (AvgIpc) is 0.984. The Morgan fingerprint density at radius 2 is 0.396 bits per heavy atom. The third kappa shape index (κ3) is 76.1. The Morgan fingerprint density at radius 3 is 0.584 bits per heavy atom. The molecule has 0 aromatic rings. The number of unbranched alkanes of at least 4 members (excludes halogenated alkanes) is 57. The van der Waals surface area contributed by atoms with Gasteiger partial charge in [0.15, 0.2) is 12.2 Å². The predicted molar refractivity (Wildman–Crippen MR) is 414 cm³/mol. The van der Waals surface area contributed by atoms with Crippen molar-refractivity contribution in [3.63, 3.8) is 0 Å². The molecule has 5 atom stereocenters. The molecule has 0 aliphatic carbocycles. The third-order valence-corrected chi connectivity index (χ3v) is 21.3. The molecular weight excluding hydrogens is 1320 g/mol. The standard InChI is InChI=1S/C82H160O17P2/c1-5-9-13-17-20-23-26-29-32-35-38-39-42-45-48-51-54-57-61-65-69-82(87)99-78(73-93-80(85)67-63-59-55-52-49-46-43-40-36-33-30-27-24-21-18-14-10-6-2)75-97-101(90,91)95-71-76(83)70-94-100(88,89)96-74-77(72-92-79(84)66-62-58-16-12-8-4)98-81(86)68-64-60-56-53-50-47-44-41-37-34-31-28-25-22-19-15-11-7-3/h76-78,83H,5-75H2,1-4H3,(H,88,89)(H,90,91)/t76-,77+,78+/m0/s1. The minimum Gasteiger partial charge on any atom is -0.462 e. The lowest BCUT2D eigenvalue weighted by Crippen LogP contribution is -2.30. The van der Waals surface area contributed by atoms with E-state index in [9.17, 15) is 43.2 Å². The van der Waals surface area contributed by atoms with Crippen molar-refractivity contribution in [1.29, 1.82) is 0 Å². The molecule has 17 nitrogen and oxygen atoms in total. The highest BCUT2D eigenvalue weighted by atomic mass is 31.2. The van der Waals surface area contributed by atoms with Crippen LogP contribution in [0.2, 0.25) is 0 Å². The summed E-state index contributed by atoms with van der Waals surface area (Å²) in [5.41, 5.74) is 0. The number of esters is 4. The normalized spacial score (nSPS) is 13.8. The van der Waals surface area contributed by atoms with Gasteiger partial charge in [-0.2, -0.15) is 0 Å². The van der Waals surface area contributed by atoms with Crippen molar-refractivity contribution in [3.05, 3.63) is 0 Å². The molecule has 0 amide bonds. The average molecular weight is 1480 g/mol. The fraction of sp³-hybridized carbons (Fsp3) is 0.951. The van der Waals surface area contributed by atoms with Gasteiger partial charge in [-0.25, -0.2) is 9.13 Å². The summed E-state index contributed by atoms with van der Waals surface area (Å²) in [5, 5.41) is 10.6. The number of ether oxygens (including phenoxy) is 4. The van der Waals surface area contributed by atoms with E-state index in [-0.39, 0.29) is 25.7 Å². The largest absolute Gasteiger partial charge is 0.472 e. The molecule has 3 N–H and O–H groups in total. The van der Waals surface area contributed by atoms with Crippen LogP contribution in [0.4, 0.5) is 0 Å². The van der Waals surface area contributed by atoms with E-state index in [0.717, 1.165) is 96.3 Å². The molecule has 2 unspecified atom stereocenters. The Hall–Kier alpha value is -1.94. The highest BCUT2D eigenvalue weighted by Crippen LogP contribution is 2.45. The van der Waals surface area contributed by atoms with Gasteiger partial charge in [0.05, 0.1) is 26.4 Å². The van der Waals surface area contributed by atoms with Crippen molar-refractivity contribution < 1.29 is 80.2 Å². The first-order valence-corrected chi connectivity index (χ1v) is 45.8. The van der Waals surface area contributed by atoms with E-state index < -0.39 is 97.5 Å². The number of hydrogen-bond acceptors (Lipinski definition) is 15. The van der Waals surface area contributed by atoms with Crippen LogP contribution in [0.25, 0.3) is 0 Å². The number of aliphatic hydroxyl groups excluding tert-OH is 1. The highest BCUT2D eigenvalue weighted by molar-refractivity contribution is 7.47. The molecule has 0 bridgehead atoms. The van der Waals surface area contributed by atoms with E-state index in [4.69, 9.17) is 37.0 Å². The van der Waals surface area contributed by atoms with Crippen LogP contribution in [0.5, 0.6) is 0 Å². The summed E-state index contributed by atoms with van der Waals surface area (Å²) in [6.07, 6.45) is 69.9. The van der Waals surface area contributed by atoms with Crippen molar-refractivity contribution in [2.24, 2.45) is 0 Å².